The van der Waals surface area contributed by atoms with Crippen LogP contribution in [0.25, 0.3) is 0 Å². The third-order valence-electron chi connectivity index (χ3n) is 7.72. The number of rotatable bonds is 4. The average Bonchev–Trinajstić information content (AvgIpc) is 3.42. The summed E-state index contributed by atoms with van der Waals surface area (Å²) in [5.74, 6) is 0.228. The standard InChI is InChI=1S/C30H36N2OS/c1-22-7-12-27-26(18-22)30(21-32(27)28(33)19-25-6-5-17-34-25)13-15-31(16-14-30)20-23-8-10-24(11-9-23)29(2,3)4/h5-12,17-18H,13-16,19-21H2,1-4H3. The van der Waals surface area contributed by atoms with Gasteiger partial charge in [0.2, 0.25) is 5.91 Å². The fourth-order valence-electron chi connectivity index (χ4n) is 5.60. The maximum Gasteiger partial charge on any atom is 0.232 e. The predicted octanol–water partition coefficient (Wildman–Crippen LogP) is 6.48. The van der Waals surface area contributed by atoms with Crippen molar-refractivity contribution in [2.24, 2.45) is 0 Å². The number of carbonyl (C=O) groups excluding carboxylic acids is 1. The second kappa shape index (κ2) is 8.98. The molecule has 2 aromatic carbocycles. The first-order chi connectivity index (χ1) is 16.2. The molecule has 0 aliphatic carbocycles. The molecular weight excluding hydrogens is 436 g/mol. The van der Waals surface area contributed by atoms with Gasteiger partial charge in [-0.15, -0.1) is 11.3 Å². The average molecular weight is 473 g/mol. The van der Waals surface area contributed by atoms with Crippen molar-refractivity contribution in [2.75, 3.05) is 24.5 Å². The highest BCUT2D eigenvalue weighted by Gasteiger charge is 2.46. The molecule has 1 amide bonds. The van der Waals surface area contributed by atoms with Crippen LogP contribution in [0.2, 0.25) is 0 Å². The Morgan fingerprint density at radius 2 is 1.76 bits per heavy atom. The van der Waals surface area contributed by atoms with Gasteiger partial charge in [-0.05, 0) is 72.5 Å². The largest absolute Gasteiger partial charge is 0.311 e. The SMILES string of the molecule is Cc1ccc2c(c1)C1(CCN(Cc3ccc(C(C)(C)C)cc3)CC1)CN2C(=O)Cc1cccs1. The van der Waals surface area contributed by atoms with E-state index in [4.69, 9.17) is 0 Å². The molecule has 1 aromatic heterocycles. The second-order valence-electron chi connectivity index (χ2n) is 11.3. The Hall–Kier alpha value is -2.43. The van der Waals surface area contributed by atoms with Gasteiger partial charge in [-0.1, -0.05) is 68.8 Å². The zero-order chi connectivity index (χ0) is 23.9. The van der Waals surface area contributed by atoms with Crippen molar-refractivity contribution in [3.63, 3.8) is 0 Å². The van der Waals surface area contributed by atoms with Gasteiger partial charge in [-0.3, -0.25) is 9.69 Å². The molecule has 1 spiro atoms. The third kappa shape index (κ3) is 4.58. The van der Waals surface area contributed by atoms with Crippen LogP contribution < -0.4 is 4.90 Å². The number of anilines is 1. The highest BCUT2D eigenvalue weighted by atomic mass is 32.1. The lowest BCUT2D eigenvalue weighted by atomic mass is 9.74. The highest BCUT2D eigenvalue weighted by Crippen LogP contribution is 2.47. The highest BCUT2D eigenvalue weighted by molar-refractivity contribution is 7.10. The molecule has 0 atom stereocenters. The summed E-state index contributed by atoms with van der Waals surface area (Å²) < 4.78 is 0. The van der Waals surface area contributed by atoms with E-state index in [1.165, 1.54) is 22.3 Å². The molecule has 0 N–H and O–H groups in total. The zero-order valence-corrected chi connectivity index (χ0v) is 21.8. The Morgan fingerprint density at radius 1 is 1.03 bits per heavy atom. The first kappa shape index (κ1) is 23.3. The number of benzene rings is 2. The van der Waals surface area contributed by atoms with Crippen molar-refractivity contribution < 1.29 is 4.79 Å². The van der Waals surface area contributed by atoms with E-state index >= 15 is 0 Å². The normalized spacial score (nSPS) is 17.8. The summed E-state index contributed by atoms with van der Waals surface area (Å²) in [5.41, 5.74) is 6.86. The quantitative estimate of drug-likeness (QED) is 0.434. The fraction of sp³-hybridized carbons (Fsp3) is 0.433. The summed E-state index contributed by atoms with van der Waals surface area (Å²) >= 11 is 1.67. The van der Waals surface area contributed by atoms with E-state index < -0.39 is 0 Å². The number of aryl methyl sites for hydroxylation is 1. The van der Waals surface area contributed by atoms with Crippen LogP contribution >= 0.6 is 11.3 Å². The number of likely N-dealkylation sites (tertiary alicyclic amines) is 1. The van der Waals surface area contributed by atoms with E-state index in [0.717, 1.165) is 49.6 Å². The van der Waals surface area contributed by atoms with E-state index in [9.17, 15) is 4.79 Å². The van der Waals surface area contributed by atoms with Crippen molar-refractivity contribution in [2.45, 2.75) is 64.3 Å². The molecule has 5 rings (SSSR count). The molecular formula is C30H36N2OS. The summed E-state index contributed by atoms with van der Waals surface area (Å²) in [6.45, 7) is 12.9. The van der Waals surface area contributed by atoms with Crippen LogP contribution in [-0.4, -0.2) is 30.4 Å². The van der Waals surface area contributed by atoms with Crippen LogP contribution in [0.4, 0.5) is 5.69 Å². The number of amides is 1. The molecule has 2 aliphatic heterocycles. The summed E-state index contributed by atoms with van der Waals surface area (Å²) in [6, 6.07) is 19.9. The van der Waals surface area contributed by atoms with Gasteiger partial charge in [0.15, 0.2) is 0 Å². The maximum atomic E-state index is 13.3. The Kier molecular flexibility index (Phi) is 6.16. The van der Waals surface area contributed by atoms with Crippen molar-refractivity contribution in [3.8, 4) is 0 Å². The van der Waals surface area contributed by atoms with E-state index in [0.29, 0.717) is 6.42 Å². The topological polar surface area (TPSA) is 23.6 Å². The minimum Gasteiger partial charge on any atom is -0.311 e. The van der Waals surface area contributed by atoms with Crippen LogP contribution in [-0.2, 0) is 28.6 Å². The van der Waals surface area contributed by atoms with Gasteiger partial charge in [-0.2, -0.15) is 0 Å². The van der Waals surface area contributed by atoms with Gasteiger partial charge in [0.05, 0.1) is 6.42 Å². The fourth-order valence-corrected chi connectivity index (χ4v) is 6.29. The maximum absolute atomic E-state index is 13.3. The number of hydrogen-bond acceptors (Lipinski definition) is 3. The van der Waals surface area contributed by atoms with Crippen molar-refractivity contribution in [3.05, 3.63) is 87.1 Å². The Labute approximate surface area is 208 Å². The second-order valence-corrected chi connectivity index (χ2v) is 12.3. The summed E-state index contributed by atoms with van der Waals surface area (Å²) in [6.07, 6.45) is 2.70. The van der Waals surface area contributed by atoms with E-state index in [2.05, 4.69) is 91.4 Å². The van der Waals surface area contributed by atoms with Crippen molar-refractivity contribution >= 4 is 22.9 Å². The smallest absolute Gasteiger partial charge is 0.232 e. The molecule has 0 bridgehead atoms. The Bertz CT molecular complexity index is 1150. The minimum absolute atomic E-state index is 0.0824. The van der Waals surface area contributed by atoms with Crippen LogP contribution in [0.1, 0.15) is 60.7 Å². The van der Waals surface area contributed by atoms with Gasteiger partial charge in [0.1, 0.15) is 0 Å². The predicted molar refractivity (Wildman–Crippen MR) is 143 cm³/mol. The lowest BCUT2D eigenvalue weighted by molar-refractivity contribution is -0.118. The number of fused-ring (bicyclic) bond motifs is 2. The number of piperidine rings is 1. The van der Waals surface area contributed by atoms with Gasteiger partial charge >= 0.3 is 0 Å². The minimum atomic E-state index is 0.0824. The molecule has 0 radical (unpaired) electrons. The molecule has 1 saturated heterocycles. The number of thiophene rings is 1. The molecule has 3 aromatic rings. The zero-order valence-electron chi connectivity index (χ0n) is 20.9. The first-order valence-corrected chi connectivity index (χ1v) is 13.4. The monoisotopic (exact) mass is 472 g/mol. The Balaban J connectivity index is 1.30. The lowest BCUT2D eigenvalue weighted by Gasteiger charge is -2.40. The van der Waals surface area contributed by atoms with Gasteiger partial charge < -0.3 is 4.90 Å². The van der Waals surface area contributed by atoms with Crippen molar-refractivity contribution in [1.82, 2.24) is 4.90 Å². The van der Waals surface area contributed by atoms with E-state index in [-0.39, 0.29) is 16.7 Å². The van der Waals surface area contributed by atoms with Gasteiger partial charge in [-0.25, -0.2) is 0 Å². The van der Waals surface area contributed by atoms with Gasteiger partial charge in [0, 0.05) is 29.1 Å². The number of carbonyl (C=O) groups is 1. The van der Waals surface area contributed by atoms with Crippen molar-refractivity contribution in [1.29, 1.82) is 0 Å². The van der Waals surface area contributed by atoms with Crippen LogP contribution in [0.15, 0.2) is 60.0 Å². The number of nitrogens with zero attached hydrogens (tertiary/aromatic N) is 2. The van der Waals surface area contributed by atoms with Gasteiger partial charge in [0.25, 0.3) is 0 Å². The molecule has 34 heavy (non-hydrogen) atoms. The van der Waals surface area contributed by atoms with Crippen LogP contribution in [0, 0.1) is 6.92 Å². The molecule has 3 nitrogen and oxygen atoms in total. The summed E-state index contributed by atoms with van der Waals surface area (Å²) in [7, 11) is 0. The van der Waals surface area contributed by atoms with Crippen LogP contribution in [0.5, 0.6) is 0 Å². The third-order valence-corrected chi connectivity index (χ3v) is 8.60. The van der Waals surface area contributed by atoms with E-state index in [1.54, 1.807) is 11.3 Å². The molecule has 1 fully saturated rings. The molecule has 3 heterocycles. The van der Waals surface area contributed by atoms with Crippen LogP contribution in [0.3, 0.4) is 0 Å². The molecule has 2 aliphatic rings. The molecule has 0 saturated carbocycles. The molecule has 178 valence electrons. The summed E-state index contributed by atoms with van der Waals surface area (Å²) in [5, 5.41) is 2.05. The lowest BCUT2D eigenvalue weighted by Crippen LogP contribution is -2.46. The molecule has 0 unspecified atom stereocenters. The summed E-state index contributed by atoms with van der Waals surface area (Å²) in [4.78, 5) is 19.1. The molecule has 4 heteroatoms. The van der Waals surface area contributed by atoms with E-state index in [1.807, 2.05) is 6.07 Å². The number of hydrogen-bond donors (Lipinski definition) is 0. The first-order valence-electron chi connectivity index (χ1n) is 12.5. The Morgan fingerprint density at radius 3 is 2.41 bits per heavy atom.